The minimum absolute atomic E-state index is 0.0531. The summed E-state index contributed by atoms with van der Waals surface area (Å²) >= 11 is 10.1. The zero-order valence-electron chi connectivity index (χ0n) is 34.1. The van der Waals surface area contributed by atoms with E-state index in [9.17, 15) is 9.59 Å². The number of imidazole rings is 2. The fourth-order valence-electron chi connectivity index (χ4n) is 6.85. The molecule has 0 aliphatic carbocycles. The van der Waals surface area contributed by atoms with Crippen LogP contribution in [0.1, 0.15) is 45.7 Å². The van der Waals surface area contributed by atoms with Crippen LogP contribution >= 0.6 is 55.4 Å². The second-order valence-corrected chi connectivity index (χ2v) is 18.2. The number of halogens is 2. The van der Waals surface area contributed by atoms with Crippen LogP contribution in [0.5, 0.6) is 23.0 Å². The molecule has 4 aromatic carbocycles. The number of fused-ring (bicyclic) bond motifs is 4. The zero-order chi connectivity index (χ0) is 44.5. The standard InChI is InChI=1S/2C22H18BrN5O3S/c1-12(29)14-4-2-13(3-5-14)6-7-28-10-25-20(24)19-21(28)27-22(26-19)32-18-9-17-16(8-15(18)23)30-11-31-17;1-12(29)14-4-2-13(3-5-14)6-7-28-21-19(20(24)25-10-26-21)27-22(28)32-18-9-17-16(8-15(18)23)30-11-31-17/h2-5,8-10,24H,6-7,11H2,1H3,(H,26,27);2-5,8-10H,6-7,11H2,1H3,(H2,24,25,26). The quantitative estimate of drug-likeness (QED) is 0.0977. The van der Waals surface area contributed by atoms with Crippen LogP contribution < -0.4 is 30.2 Å². The average molecular weight is 1020 g/mol. The molecule has 324 valence electrons. The van der Waals surface area contributed by atoms with Crippen molar-refractivity contribution in [3.05, 3.63) is 122 Å². The fraction of sp³-hybridized carbons (Fsp3) is 0.182. The largest absolute Gasteiger partial charge is 0.454 e. The van der Waals surface area contributed by atoms with Crippen LogP contribution in [-0.4, -0.2) is 64.2 Å². The smallest absolute Gasteiger partial charge is 0.231 e. The van der Waals surface area contributed by atoms with Gasteiger partial charge in [-0.05, 0) is 93.9 Å². The number of aromatic amines is 1. The minimum atomic E-state index is 0.0531. The molecule has 64 heavy (non-hydrogen) atoms. The van der Waals surface area contributed by atoms with Crippen molar-refractivity contribution >= 4 is 95.1 Å². The number of nitrogens with one attached hydrogen (secondary N) is 2. The van der Waals surface area contributed by atoms with Crippen LogP contribution in [0.2, 0.25) is 0 Å². The van der Waals surface area contributed by atoms with Gasteiger partial charge in [0, 0.05) is 43.0 Å². The van der Waals surface area contributed by atoms with E-state index in [1.807, 2.05) is 81.9 Å². The highest BCUT2D eigenvalue weighted by molar-refractivity contribution is 9.10. The van der Waals surface area contributed by atoms with E-state index < -0.39 is 0 Å². The number of nitrogens with zero attached hydrogens (tertiary/aromatic N) is 7. The lowest BCUT2D eigenvalue weighted by molar-refractivity contribution is 0.100. The van der Waals surface area contributed by atoms with E-state index in [1.54, 1.807) is 20.2 Å². The molecule has 0 fully saturated rings. The molecule has 0 bridgehead atoms. The van der Waals surface area contributed by atoms with Gasteiger partial charge in [0.15, 0.2) is 73.0 Å². The number of anilines is 1. The van der Waals surface area contributed by atoms with Crippen LogP contribution in [0.3, 0.4) is 0 Å². The Bertz CT molecular complexity index is 3160. The van der Waals surface area contributed by atoms with Gasteiger partial charge in [-0.1, -0.05) is 72.1 Å². The van der Waals surface area contributed by atoms with Crippen LogP contribution in [0.15, 0.2) is 115 Å². The summed E-state index contributed by atoms with van der Waals surface area (Å²) < 4.78 is 27.6. The Labute approximate surface area is 390 Å². The van der Waals surface area contributed by atoms with Gasteiger partial charge in [0.25, 0.3) is 0 Å². The first-order valence-electron chi connectivity index (χ1n) is 19.7. The van der Waals surface area contributed by atoms with E-state index in [-0.39, 0.29) is 30.6 Å². The first kappa shape index (κ1) is 43.1. The highest BCUT2D eigenvalue weighted by Gasteiger charge is 2.22. The van der Waals surface area contributed by atoms with Gasteiger partial charge in [-0.3, -0.25) is 15.0 Å². The van der Waals surface area contributed by atoms with Crippen molar-refractivity contribution in [2.45, 2.75) is 59.9 Å². The Morgan fingerprint density at radius 2 is 1.28 bits per heavy atom. The van der Waals surface area contributed by atoms with Gasteiger partial charge >= 0.3 is 0 Å². The summed E-state index contributed by atoms with van der Waals surface area (Å²) in [5.41, 5.74) is 12.3. The van der Waals surface area contributed by atoms with Crippen molar-refractivity contribution in [1.82, 2.24) is 39.0 Å². The van der Waals surface area contributed by atoms with E-state index in [4.69, 9.17) is 40.1 Å². The number of Topliss-reactive ketones (excluding diaryl/α,β-unsaturated/α-hetero) is 2. The lowest BCUT2D eigenvalue weighted by Crippen LogP contribution is -2.13. The molecule has 0 amide bonds. The molecule has 8 aromatic rings. The highest BCUT2D eigenvalue weighted by atomic mass is 79.9. The molecule has 10 rings (SSSR count). The van der Waals surface area contributed by atoms with E-state index in [2.05, 4.69) is 51.8 Å². The third-order valence-electron chi connectivity index (χ3n) is 10.3. The molecule has 4 N–H and O–H groups in total. The summed E-state index contributed by atoms with van der Waals surface area (Å²) in [6.45, 7) is 4.83. The number of H-pyrrole nitrogens is 1. The second kappa shape index (κ2) is 18.5. The summed E-state index contributed by atoms with van der Waals surface area (Å²) in [6.07, 6.45) is 4.58. The van der Waals surface area contributed by atoms with Crippen LogP contribution in [-0.2, 0) is 25.9 Å². The molecule has 0 saturated carbocycles. The normalized spacial score (nSPS) is 12.4. The van der Waals surface area contributed by atoms with Crippen molar-refractivity contribution < 1.29 is 28.5 Å². The Hall–Kier alpha value is -6.22. The number of aryl methyl sites for hydroxylation is 4. The molecule has 6 heterocycles. The molecule has 0 spiro atoms. The van der Waals surface area contributed by atoms with Gasteiger partial charge < -0.3 is 38.8 Å². The van der Waals surface area contributed by atoms with Crippen LogP contribution in [0, 0.1) is 5.41 Å². The molecule has 16 nitrogen and oxygen atoms in total. The topological polar surface area (TPSA) is 211 Å². The molecule has 0 unspecified atom stereocenters. The molecule has 4 aromatic heterocycles. The molecule has 0 radical (unpaired) electrons. The Morgan fingerprint density at radius 3 is 1.86 bits per heavy atom. The second-order valence-electron chi connectivity index (χ2n) is 14.5. The number of rotatable bonds is 12. The molecule has 2 aliphatic heterocycles. The number of ether oxygens (including phenoxy) is 4. The molecular weight excluding hydrogens is 988 g/mol. The van der Waals surface area contributed by atoms with Gasteiger partial charge in [0.05, 0.1) is 6.33 Å². The van der Waals surface area contributed by atoms with Crippen molar-refractivity contribution in [2.24, 2.45) is 0 Å². The number of nitrogens with two attached hydrogens (primary N) is 1. The molecule has 0 atom stereocenters. The number of carbonyl (C=O) groups excluding carboxylic acids is 2. The molecule has 0 saturated heterocycles. The maximum atomic E-state index is 11.5. The van der Waals surface area contributed by atoms with Crippen molar-refractivity contribution in [2.75, 3.05) is 19.3 Å². The minimum Gasteiger partial charge on any atom is -0.454 e. The number of carbonyl (C=O) groups is 2. The Morgan fingerprint density at radius 1 is 0.734 bits per heavy atom. The van der Waals surface area contributed by atoms with Gasteiger partial charge in [-0.15, -0.1) is 0 Å². The van der Waals surface area contributed by atoms with Crippen LogP contribution in [0.25, 0.3) is 22.3 Å². The van der Waals surface area contributed by atoms with Crippen LogP contribution in [0.4, 0.5) is 5.82 Å². The average Bonchev–Trinajstić information content (AvgIpc) is 4.11. The third kappa shape index (κ3) is 9.21. The highest BCUT2D eigenvalue weighted by Crippen LogP contribution is 2.44. The number of hydrogen-bond donors (Lipinski definition) is 3. The first-order valence-corrected chi connectivity index (χ1v) is 22.9. The van der Waals surface area contributed by atoms with E-state index in [0.29, 0.717) is 80.5 Å². The number of nitrogen functional groups attached to an aromatic ring is 1. The van der Waals surface area contributed by atoms with Crippen molar-refractivity contribution in [3.63, 3.8) is 0 Å². The Kier molecular flexibility index (Phi) is 12.4. The molecule has 2 aliphatic rings. The van der Waals surface area contributed by atoms with Gasteiger partial charge in [-0.25, -0.2) is 24.9 Å². The van der Waals surface area contributed by atoms with Crippen molar-refractivity contribution in [1.29, 1.82) is 5.41 Å². The summed E-state index contributed by atoms with van der Waals surface area (Å²) in [6, 6.07) is 22.9. The van der Waals surface area contributed by atoms with Gasteiger partial charge in [-0.2, -0.15) is 0 Å². The van der Waals surface area contributed by atoms with E-state index in [0.717, 1.165) is 47.9 Å². The van der Waals surface area contributed by atoms with E-state index >= 15 is 0 Å². The fourth-order valence-corrected chi connectivity index (χ4v) is 9.74. The lowest BCUT2D eigenvalue weighted by Gasteiger charge is -2.10. The van der Waals surface area contributed by atoms with Crippen molar-refractivity contribution in [3.8, 4) is 23.0 Å². The number of hydrogen-bond acceptors (Lipinski definition) is 15. The Balaban J connectivity index is 0.000000162. The molecular formula is C44H36Br2N10O6S2. The summed E-state index contributed by atoms with van der Waals surface area (Å²) in [5, 5.41) is 9.57. The summed E-state index contributed by atoms with van der Waals surface area (Å²) in [4.78, 5) is 50.2. The molecule has 20 heteroatoms. The van der Waals surface area contributed by atoms with Gasteiger partial charge in [0.1, 0.15) is 11.8 Å². The lowest BCUT2D eigenvalue weighted by atomic mass is 10.1. The van der Waals surface area contributed by atoms with E-state index in [1.165, 1.54) is 29.9 Å². The zero-order valence-corrected chi connectivity index (χ0v) is 38.9. The maximum absolute atomic E-state index is 11.5. The SMILES string of the molecule is CC(=O)c1ccc(CCn2c(Sc3cc4c(cc3Br)OCO4)nc3c(N)ncnc32)cc1.CC(=O)c1ccc(CCn2cnc(=N)c3[nH]c(Sc4cc5c(cc4Br)OCO5)nc32)cc1. The number of ketones is 2. The number of aromatic nitrogens is 8. The third-order valence-corrected chi connectivity index (χ3v) is 14.1. The predicted octanol–water partition coefficient (Wildman–Crippen LogP) is 8.82. The number of benzene rings is 4. The summed E-state index contributed by atoms with van der Waals surface area (Å²) in [7, 11) is 0. The monoisotopic (exact) mass is 1020 g/mol. The first-order chi connectivity index (χ1) is 31.0. The van der Waals surface area contributed by atoms with Gasteiger partial charge in [0.2, 0.25) is 13.6 Å². The maximum Gasteiger partial charge on any atom is 0.231 e. The summed E-state index contributed by atoms with van der Waals surface area (Å²) in [5.74, 6) is 3.25. The predicted molar refractivity (Wildman–Crippen MR) is 247 cm³/mol.